The molecule has 278 valence electrons. The maximum Gasteiger partial charge on any atom is 0.263 e. The number of carbonyl (C=O) groups excluding carboxylic acids is 1. The van der Waals surface area contributed by atoms with E-state index in [2.05, 4.69) is 69.3 Å². The smallest absolute Gasteiger partial charge is 0.263 e. The molecule has 1 saturated heterocycles. The number of methoxy groups -OCH3 is 1. The summed E-state index contributed by atoms with van der Waals surface area (Å²) < 4.78 is 26.0. The Morgan fingerprint density at radius 3 is 2.48 bits per heavy atom. The average Bonchev–Trinajstić information content (AvgIpc) is 3.26. The van der Waals surface area contributed by atoms with Crippen molar-refractivity contribution in [3.63, 3.8) is 0 Å². The lowest BCUT2D eigenvalue weighted by Crippen LogP contribution is -2.49. The molecule has 1 aliphatic carbocycles. The molecule has 0 radical (unpaired) electrons. The van der Waals surface area contributed by atoms with Gasteiger partial charge in [-0.05, 0) is 106 Å². The van der Waals surface area contributed by atoms with Crippen molar-refractivity contribution >= 4 is 34.2 Å². The van der Waals surface area contributed by atoms with E-state index in [1.807, 2.05) is 32.0 Å². The summed E-state index contributed by atoms with van der Waals surface area (Å²) in [6.45, 7) is 16.0. The van der Waals surface area contributed by atoms with Crippen molar-refractivity contribution in [2.45, 2.75) is 71.0 Å². The molecule has 50 heavy (non-hydrogen) atoms. The summed E-state index contributed by atoms with van der Waals surface area (Å²) in [6, 6.07) is 12.0. The second-order valence-electron chi connectivity index (χ2n) is 14.5. The van der Waals surface area contributed by atoms with Crippen molar-refractivity contribution in [2.75, 3.05) is 78.6 Å². The van der Waals surface area contributed by atoms with Crippen molar-refractivity contribution in [3.05, 3.63) is 70.3 Å². The number of rotatable bonds is 13. The SMILES string of the molecule is CC/C=C/C(CN1CCN(C)CC1)C1CCC1CN1CC(c2ccc(Cl)cc2CCC)COc2ccc(C(=O)NS(=O)C(C)C)cc21.COC. The van der Waals surface area contributed by atoms with E-state index in [0.29, 0.717) is 29.9 Å². The number of anilines is 1. The number of hydrogen-bond acceptors (Lipinski definition) is 7. The number of allylic oxidation sites excluding steroid dienone is 1. The molecule has 0 spiro atoms. The average molecular weight is 729 g/mol. The molecule has 0 bridgehead atoms. The monoisotopic (exact) mass is 728 g/mol. The van der Waals surface area contributed by atoms with Crippen LogP contribution in [0.1, 0.15) is 80.8 Å². The number of likely N-dealkylation sites (N-methyl/N-ethyl adjacent to an activating group) is 1. The lowest BCUT2D eigenvalue weighted by molar-refractivity contribution is 0.0804. The third kappa shape index (κ3) is 11.0. The fourth-order valence-electron chi connectivity index (χ4n) is 7.37. The molecule has 5 unspecified atom stereocenters. The standard InChI is InChI=1S/C38H55ClN4O3S.C2H6O/c1-6-8-10-30(23-42-19-17-41(5)18-20-42)35-14-11-31(35)24-43-25-32(34-15-13-33(39)21-28(34)9-7-2)26-46-37-16-12-29(22-36(37)43)38(44)40-47(45)27(3)4;1-3-2/h8,10,12-13,15-16,21-22,27,30-32,35H,6-7,9,11,14,17-20,23-26H2,1-5H3,(H,40,44);1-2H3/b10-8+;. The highest BCUT2D eigenvalue weighted by atomic mass is 35.5. The first kappa shape index (κ1) is 40.3. The van der Waals surface area contributed by atoms with Crippen molar-refractivity contribution in [1.82, 2.24) is 14.5 Å². The quantitative estimate of drug-likeness (QED) is 0.219. The molecule has 1 N–H and O–H groups in total. The topological polar surface area (TPSA) is 74.4 Å². The molecule has 2 aliphatic heterocycles. The number of nitrogens with zero attached hydrogens (tertiary/aromatic N) is 3. The minimum atomic E-state index is -1.44. The first-order valence-corrected chi connectivity index (χ1v) is 20.2. The summed E-state index contributed by atoms with van der Waals surface area (Å²) in [5, 5.41) is 0.610. The lowest BCUT2D eigenvalue weighted by atomic mass is 9.66. The zero-order chi connectivity index (χ0) is 36.2. The van der Waals surface area contributed by atoms with Crippen molar-refractivity contribution < 1.29 is 18.5 Å². The van der Waals surface area contributed by atoms with Gasteiger partial charge in [0.2, 0.25) is 0 Å². The molecule has 1 saturated carbocycles. The Kier molecular flexibility index (Phi) is 16.1. The van der Waals surface area contributed by atoms with Gasteiger partial charge in [-0.2, -0.15) is 0 Å². The van der Waals surface area contributed by atoms with Crippen molar-refractivity contribution in [2.24, 2.45) is 17.8 Å². The number of piperazine rings is 1. The van der Waals surface area contributed by atoms with Crippen LogP contribution in [0.2, 0.25) is 5.02 Å². The highest BCUT2D eigenvalue weighted by molar-refractivity contribution is 7.84. The fraction of sp³-hybridized carbons (Fsp3) is 0.625. The molecule has 5 rings (SSSR count). The predicted molar refractivity (Wildman–Crippen MR) is 209 cm³/mol. The third-order valence-electron chi connectivity index (χ3n) is 10.3. The summed E-state index contributed by atoms with van der Waals surface area (Å²) in [5.41, 5.74) is 4.04. The summed E-state index contributed by atoms with van der Waals surface area (Å²) in [6.07, 6.45) is 10.4. The number of ether oxygens (including phenoxy) is 2. The number of amides is 1. The van der Waals surface area contributed by atoms with Crippen LogP contribution in [0.25, 0.3) is 0 Å². The second kappa shape index (κ2) is 20.0. The van der Waals surface area contributed by atoms with Crippen LogP contribution in [-0.2, 0) is 22.1 Å². The van der Waals surface area contributed by atoms with E-state index in [9.17, 15) is 9.00 Å². The molecule has 3 aliphatic rings. The van der Waals surface area contributed by atoms with Crippen LogP contribution in [0.15, 0.2) is 48.6 Å². The first-order chi connectivity index (χ1) is 24.1. The predicted octanol–water partition coefficient (Wildman–Crippen LogP) is 7.20. The Hall–Kier alpha value is -2.43. The van der Waals surface area contributed by atoms with Crippen LogP contribution < -0.4 is 14.4 Å². The maximum atomic E-state index is 13.2. The van der Waals surface area contributed by atoms with E-state index in [1.165, 1.54) is 24.0 Å². The molecule has 10 heteroatoms. The number of nitrogens with one attached hydrogen (secondary N) is 1. The summed E-state index contributed by atoms with van der Waals surface area (Å²) in [5.74, 6) is 2.34. The van der Waals surface area contributed by atoms with Crippen LogP contribution in [-0.4, -0.2) is 98.9 Å². The molecule has 5 atom stereocenters. The molecule has 0 aromatic heterocycles. The van der Waals surface area contributed by atoms with E-state index in [1.54, 1.807) is 20.3 Å². The van der Waals surface area contributed by atoms with E-state index < -0.39 is 11.0 Å². The molecule has 2 fully saturated rings. The molecule has 1 amide bonds. The Labute approximate surface area is 309 Å². The van der Waals surface area contributed by atoms with Gasteiger partial charge in [0.15, 0.2) is 0 Å². The largest absolute Gasteiger partial charge is 0.491 e. The van der Waals surface area contributed by atoms with Crippen LogP contribution in [0.4, 0.5) is 5.69 Å². The molecular weight excluding hydrogens is 668 g/mol. The lowest BCUT2D eigenvalue weighted by Gasteiger charge is -2.46. The van der Waals surface area contributed by atoms with Gasteiger partial charge in [0, 0.05) is 81.8 Å². The van der Waals surface area contributed by atoms with Gasteiger partial charge in [-0.1, -0.05) is 50.1 Å². The van der Waals surface area contributed by atoms with Gasteiger partial charge in [-0.15, -0.1) is 0 Å². The Morgan fingerprint density at radius 2 is 1.84 bits per heavy atom. The zero-order valence-corrected chi connectivity index (χ0v) is 33.0. The molecular formula is C40H61ClN4O4S. The summed E-state index contributed by atoms with van der Waals surface area (Å²) in [7, 11) is 4.03. The van der Waals surface area contributed by atoms with Gasteiger partial charge in [-0.25, -0.2) is 4.21 Å². The normalized spacial score (nSPS) is 22.5. The van der Waals surface area contributed by atoms with Gasteiger partial charge < -0.3 is 24.2 Å². The highest BCUT2D eigenvalue weighted by Gasteiger charge is 2.39. The number of aryl methyl sites for hydroxylation is 1. The number of benzene rings is 2. The number of halogens is 1. The summed E-state index contributed by atoms with van der Waals surface area (Å²) in [4.78, 5) is 20.8. The number of fused-ring (bicyclic) bond motifs is 1. The minimum Gasteiger partial charge on any atom is -0.491 e. The Morgan fingerprint density at radius 1 is 1.10 bits per heavy atom. The zero-order valence-electron chi connectivity index (χ0n) is 31.5. The van der Waals surface area contributed by atoms with E-state index >= 15 is 0 Å². The maximum absolute atomic E-state index is 13.2. The van der Waals surface area contributed by atoms with E-state index in [0.717, 1.165) is 81.5 Å². The van der Waals surface area contributed by atoms with Gasteiger partial charge in [0.05, 0.1) is 12.3 Å². The van der Waals surface area contributed by atoms with Crippen LogP contribution in [0, 0.1) is 17.8 Å². The summed E-state index contributed by atoms with van der Waals surface area (Å²) >= 11 is 6.47. The third-order valence-corrected chi connectivity index (χ3v) is 11.8. The van der Waals surface area contributed by atoms with E-state index in [4.69, 9.17) is 16.3 Å². The van der Waals surface area contributed by atoms with Crippen molar-refractivity contribution in [3.8, 4) is 5.75 Å². The minimum absolute atomic E-state index is 0.159. The van der Waals surface area contributed by atoms with Gasteiger partial charge >= 0.3 is 0 Å². The van der Waals surface area contributed by atoms with Crippen LogP contribution >= 0.6 is 11.6 Å². The number of hydrogen-bond donors (Lipinski definition) is 1. The highest BCUT2D eigenvalue weighted by Crippen LogP contribution is 2.44. The van der Waals surface area contributed by atoms with Crippen molar-refractivity contribution in [1.29, 1.82) is 0 Å². The van der Waals surface area contributed by atoms with Gasteiger partial charge in [0.1, 0.15) is 16.7 Å². The van der Waals surface area contributed by atoms with Gasteiger partial charge in [0.25, 0.3) is 5.91 Å². The number of carbonyl (C=O) groups is 1. The van der Waals surface area contributed by atoms with Crippen LogP contribution in [0.5, 0.6) is 5.75 Å². The molecule has 2 heterocycles. The fourth-order valence-corrected chi connectivity index (χ4v) is 8.10. The molecule has 2 aromatic rings. The Bertz CT molecular complexity index is 1430. The first-order valence-electron chi connectivity index (χ1n) is 18.6. The molecule has 8 nitrogen and oxygen atoms in total. The Balaban J connectivity index is 0.00000181. The van der Waals surface area contributed by atoms with Crippen LogP contribution in [0.3, 0.4) is 0 Å². The van der Waals surface area contributed by atoms with E-state index in [-0.39, 0.29) is 17.1 Å². The second-order valence-corrected chi connectivity index (χ2v) is 16.7. The molecule has 2 aromatic carbocycles. The van der Waals surface area contributed by atoms with Gasteiger partial charge in [-0.3, -0.25) is 9.52 Å².